The summed E-state index contributed by atoms with van der Waals surface area (Å²) in [7, 11) is 0. The van der Waals surface area contributed by atoms with Gasteiger partial charge in [-0.1, -0.05) is 170 Å². The van der Waals surface area contributed by atoms with Crippen LogP contribution in [0.5, 0.6) is 0 Å². The van der Waals surface area contributed by atoms with Gasteiger partial charge in [-0.2, -0.15) is 0 Å². The lowest BCUT2D eigenvalue weighted by molar-refractivity contribution is 0.669. The van der Waals surface area contributed by atoms with E-state index in [2.05, 4.69) is 223 Å². The molecule has 0 unspecified atom stereocenters. The zero-order chi connectivity index (χ0) is 42.1. The van der Waals surface area contributed by atoms with Gasteiger partial charge >= 0.3 is 0 Å². The molecule has 0 saturated carbocycles. The first kappa shape index (κ1) is 36.5. The third-order valence-corrected chi connectivity index (χ3v) is 13.8. The Morgan fingerprint density at radius 3 is 1.72 bits per heavy atom. The van der Waals surface area contributed by atoms with E-state index in [0.717, 1.165) is 83.2 Å². The zero-order valence-electron chi connectivity index (χ0n) is 34.5. The van der Waals surface area contributed by atoms with E-state index in [4.69, 9.17) is 8.83 Å². The van der Waals surface area contributed by atoms with Crippen LogP contribution < -0.4 is 4.90 Å². The van der Waals surface area contributed by atoms with Crippen molar-refractivity contribution < 1.29 is 8.83 Å². The summed E-state index contributed by atoms with van der Waals surface area (Å²) in [5.41, 5.74) is 15.8. The van der Waals surface area contributed by atoms with Gasteiger partial charge in [0, 0.05) is 47.4 Å². The molecular formula is C60H37NO2S. The fourth-order valence-electron chi connectivity index (χ4n) is 9.70. The van der Waals surface area contributed by atoms with E-state index in [-0.39, 0.29) is 0 Å². The number of hydrogen-bond donors (Lipinski definition) is 0. The Hall–Kier alpha value is -8.18. The highest BCUT2D eigenvalue weighted by atomic mass is 32.1. The lowest BCUT2D eigenvalue weighted by Crippen LogP contribution is -2.10. The quantitative estimate of drug-likeness (QED) is 0.160. The summed E-state index contributed by atoms with van der Waals surface area (Å²) in [4.78, 5) is 2.41. The van der Waals surface area contributed by atoms with E-state index < -0.39 is 0 Å². The molecule has 3 heterocycles. The Morgan fingerprint density at radius 2 is 0.969 bits per heavy atom. The molecule has 3 nitrogen and oxygen atoms in total. The SMILES string of the molecule is c1ccc(-c2cc(-c3ccccc3)c3c(c2)oc2ccc(N(c4cccc5c4oc4ccccc45)c4ccc(-c5ccccc5)c5sc6cc(-c7ccccc7)ccc6c45)cc23)cc1. The number of furan rings is 2. The van der Waals surface area contributed by atoms with E-state index in [1.54, 1.807) is 0 Å². The number of rotatable bonds is 7. The molecule has 0 fully saturated rings. The third-order valence-electron chi connectivity index (χ3n) is 12.7. The maximum Gasteiger partial charge on any atom is 0.159 e. The molecule has 0 bridgehead atoms. The summed E-state index contributed by atoms with van der Waals surface area (Å²) < 4.78 is 16.2. The fourth-order valence-corrected chi connectivity index (χ4v) is 11.0. The first-order chi connectivity index (χ1) is 31.7. The molecule has 64 heavy (non-hydrogen) atoms. The average molecular weight is 836 g/mol. The Morgan fingerprint density at radius 1 is 0.328 bits per heavy atom. The second-order valence-corrected chi connectivity index (χ2v) is 17.4. The van der Waals surface area contributed by atoms with Gasteiger partial charge in [0.1, 0.15) is 16.7 Å². The standard InChI is InChI=1S/C60H37NO2S/c1-5-16-38(17-6-1)42-28-30-48-56(36-42)64-60-45(40-20-9-3-10-21-40)31-32-51(58(48)60)61(52-26-15-25-47-46-24-13-14-27-53(46)63-59(47)52)44-29-33-54-50(37-44)57-49(41-22-11-4-12-23-41)34-43(35-55(57)62-54)39-18-7-2-8-19-39/h1-37H. The van der Waals surface area contributed by atoms with Crippen molar-refractivity contribution in [1.82, 2.24) is 0 Å². The van der Waals surface area contributed by atoms with Gasteiger partial charge in [-0.05, 0) is 99.1 Å². The number of nitrogens with zero attached hydrogens (tertiary/aromatic N) is 1. The molecule has 4 heteroatoms. The molecule has 0 saturated heterocycles. The molecule has 0 aliphatic carbocycles. The van der Waals surface area contributed by atoms with Crippen molar-refractivity contribution >= 4 is 92.4 Å². The minimum absolute atomic E-state index is 0.835. The lowest BCUT2D eigenvalue weighted by atomic mass is 9.94. The van der Waals surface area contributed by atoms with Crippen LogP contribution in [0, 0.1) is 0 Å². The molecule has 0 spiro atoms. The van der Waals surface area contributed by atoms with E-state index in [0.29, 0.717) is 0 Å². The Bertz CT molecular complexity index is 3890. The first-order valence-corrected chi connectivity index (χ1v) is 22.5. The van der Waals surface area contributed by atoms with Crippen molar-refractivity contribution in [2.45, 2.75) is 0 Å². The van der Waals surface area contributed by atoms with Crippen LogP contribution in [-0.2, 0) is 0 Å². The monoisotopic (exact) mass is 835 g/mol. The van der Waals surface area contributed by atoms with E-state index in [1.807, 2.05) is 17.4 Å². The molecule has 0 radical (unpaired) electrons. The first-order valence-electron chi connectivity index (χ1n) is 21.7. The predicted molar refractivity (Wildman–Crippen MR) is 270 cm³/mol. The minimum atomic E-state index is 0.835. The van der Waals surface area contributed by atoms with Crippen molar-refractivity contribution in [2.24, 2.45) is 0 Å². The van der Waals surface area contributed by atoms with Gasteiger partial charge in [-0.15, -0.1) is 11.3 Å². The summed E-state index contributed by atoms with van der Waals surface area (Å²) in [6, 6.07) is 80.2. The zero-order valence-corrected chi connectivity index (χ0v) is 35.4. The second kappa shape index (κ2) is 14.7. The highest BCUT2D eigenvalue weighted by Gasteiger charge is 2.26. The maximum absolute atomic E-state index is 6.86. The molecule has 3 aromatic heterocycles. The fraction of sp³-hybridized carbons (Fsp3) is 0. The van der Waals surface area contributed by atoms with Crippen LogP contribution in [0.15, 0.2) is 233 Å². The molecule has 13 aromatic rings. The van der Waals surface area contributed by atoms with E-state index in [1.165, 1.54) is 42.4 Å². The van der Waals surface area contributed by atoms with Crippen molar-refractivity contribution in [3.05, 3.63) is 224 Å². The molecule has 0 aliphatic rings. The van der Waals surface area contributed by atoms with Gasteiger partial charge in [-0.25, -0.2) is 0 Å². The van der Waals surface area contributed by atoms with Crippen molar-refractivity contribution in [3.63, 3.8) is 0 Å². The molecule has 13 rings (SSSR count). The van der Waals surface area contributed by atoms with E-state index in [9.17, 15) is 0 Å². The average Bonchev–Trinajstić information content (AvgIpc) is 4.07. The topological polar surface area (TPSA) is 29.5 Å². The largest absolute Gasteiger partial charge is 0.456 e. The van der Waals surface area contributed by atoms with Crippen molar-refractivity contribution in [1.29, 1.82) is 0 Å². The molecular weight excluding hydrogens is 799 g/mol. The molecule has 10 aromatic carbocycles. The Balaban J connectivity index is 1.12. The number of para-hydroxylation sites is 2. The second-order valence-electron chi connectivity index (χ2n) is 16.4. The van der Waals surface area contributed by atoms with Gasteiger partial charge in [0.2, 0.25) is 0 Å². The highest BCUT2D eigenvalue weighted by Crippen LogP contribution is 2.51. The number of anilines is 3. The van der Waals surface area contributed by atoms with Crippen LogP contribution in [0.1, 0.15) is 0 Å². The molecule has 0 N–H and O–H groups in total. The van der Waals surface area contributed by atoms with Gasteiger partial charge in [0.25, 0.3) is 0 Å². The summed E-state index contributed by atoms with van der Waals surface area (Å²) in [5, 5.41) is 6.72. The van der Waals surface area contributed by atoms with Crippen LogP contribution in [0.4, 0.5) is 17.1 Å². The summed E-state index contributed by atoms with van der Waals surface area (Å²) in [5.74, 6) is 0. The number of benzene rings is 10. The Labute approximate surface area is 373 Å². The van der Waals surface area contributed by atoms with Crippen molar-refractivity contribution in [3.8, 4) is 44.5 Å². The van der Waals surface area contributed by atoms with Crippen LogP contribution >= 0.6 is 11.3 Å². The smallest absolute Gasteiger partial charge is 0.159 e. The summed E-state index contributed by atoms with van der Waals surface area (Å²) >= 11 is 1.86. The summed E-state index contributed by atoms with van der Waals surface area (Å²) in [6.07, 6.45) is 0. The van der Waals surface area contributed by atoms with Crippen LogP contribution in [0.25, 0.3) is 109 Å². The molecule has 0 amide bonds. The maximum atomic E-state index is 6.86. The number of thiophene rings is 1. The van der Waals surface area contributed by atoms with Gasteiger partial charge in [-0.3, -0.25) is 0 Å². The molecule has 0 aliphatic heterocycles. The Kier molecular flexibility index (Phi) is 8.40. The van der Waals surface area contributed by atoms with E-state index >= 15 is 0 Å². The highest BCUT2D eigenvalue weighted by molar-refractivity contribution is 7.26. The minimum Gasteiger partial charge on any atom is -0.456 e. The van der Waals surface area contributed by atoms with Crippen LogP contribution in [0.2, 0.25) is 0 Å². The van der Waals surface area contributed by atoms with Crippen molar-refractivity contribution in [2.75, 3.05) is 4.90 Å². The molecule has 0 atom stereocenters. The number of fused-ring (bicyclic) bond motifs is 9. The predicted octanol–water partition coefficient (Wildman–Crippen LogP) is 18.0. The summed E-state index contributed by atoms with van der Waals surface area (Å²) in [6.45, 7) is 0. The third kappa shape index (κ3) is 5.88. The van der Waals surface area contributed by atoms with Gasteiger partial charge < -0.3 is 13.7 Å². The van der Waals surface area contributed by atoms with Crippen LogP contribution in [-0.4, -0.2) is 0 Å². The lowest BCUT2D eigenvalue weighted by Gasteiger charge is -2.27. The van der Waals surface area contributed by atoms with Gasteiger partial charge in [0.05, 0.1) is 11.4 Å². The number of hydrogen-bond acceptors (Lipinski definition) is 4. The van der Waals surface area contributed by atoms with Crippen LogP contribution in [0.3, 0.4) is 0 Å². The van der Waals surface area contributed by atoms with Gasteiger partial charge in [0.15, 0.2) is 5.58 Å². The normalized spacial score (nSPS) is 11.8. The molecule has 300 valence electrons.